The predicted octanol–water partition coefficient (Wildman–Crippen LogP) is 4.39. The molecule has 0 spiro atoms. The van der Waals surface area contributed by atoms with Crippen LogP contribution in [0.3, 0.4) is 0 Å². The van der Waals surface area contributed by atoms with Crippen LogP contribution in [-0.2, 0) is 0 Å². The maximum Gasteiger partial charge on any atom is 0.196 e. The lowest BCUT2D eigenvalue weighted by Gasteiger charge is -2.12. The summed E-state index contributed by atoms with van der Waals surface area (Å²) >= 11 is 3.43. The number of hydrogen-bond acceptors (Lipinski definition) is 3. The molecular weight excluding hydrogens is 304 g/mol. The van der Waals surface area contributed by atoms with E-state index in [2.05, 4.69) is 25.8 Å². The summed E-state index contributed by atoms with van der Waals surface area (Å²) in [6.07, 6.45) is 4.27. The van der Waals surface area contributed by atoms with Gasteiger partial charge in [0.1, 0.15) is 5.76 Å². The highest BCUT2D eigenvalue weighted by Crippen LogP contribution is 2.23. The summed E-state index contributed by atoms with van der Waals surface area (Å²) in [4.78, 5) is 6.68. The van der Waals surface area contributed by atoms with Crippen molar-refractivity contribution in [3.63, 3.8) is 0 Å². The van der Waals surface area contributed by atoms with Crippen LogP contribution in [0.1, 0.15) is 18.6 Å². The summed E-state index contributed by atoms with van der Waals surface area (Å²) < 4.78 is 6.81. The Morgan fingerprint density at radius 2 is 2.00 bits per heavy atom. The molecule has 0 N–H and O–H groups in total. The second kappa shape index (κ2) is 5.61. The molecule has 0 aliphatic carbocycles. The number of furan rings is 1. The first kappa shape index (κ1) is 12.5. The van der Waals surface area contributed by atoms with Gasteiger partial charge >= 0.3 is 0 Å². The van der Waals surface area contributed by atoms with Crippen molar-refractivity contribution in [3.8, 4) is 0 Å². The Hall–Kier alpha value is -1.55. The van der Waals surface area contributed by atoms with E-state index in [1.807, 2.05) is 36.4 Å². The standard InChI is InChI=1S/C15H15BrN2O/c16-12-4-3-5-13(10-12)17-11-14-6-7-15(19-14)18-8-1-2-9-18/h3-7,10-11H,1-2,8-9H2. The van der Waals surface area contributed by atoms with E-state index in [-0.39, 0.29) is 0 Å². The Morgan fingerprint density at radius 3 is 2.79 bits per heavy atom. The lowest BCUT2D eigenvalue weighted by atomic mass is 10.3. The highest BCUT2D eigenvalue weighted by molar-refractivity contribution is 9.10. The molecular formula is C15H15BrN2O. The largest absolute Gasteiger partial charge is 0.440 e. The van der Waals surface area contributed by atoms with Gasteiger partial charge in [0.05, 0.1) is 11.9 Å². The van der Waals surface area contributed by atoms with Crippen LogP contribution >= 0.6 is 15.9 Å². The van der Waals surface area contributed by atoms with Crippen molar-refractivity contribution < 1.29 is 4.42 Å². The van der Waals surface area contributed by atoms with Crippen LogP contribution in [0.15, 0.2) is 50.3 Å². The van der Waals surface area contributed by atoms with Crippen LogP contribution in [0.4, 0.5) is 11.6 Å². The highest BCUT2D eigenvalue weighted by atomic mass is 79.9. The third-order valence-electron chi connectivity index (χ3n) is 3.18. The van der Waals surface area contributed by atoms with Gasteiger partial charge < -0.3 is 9.32 Å². The maximum atomic E-state index is 5.78. The van der Waals surface area contributed by atoms with E-state index in [1.54, 1.807) is 6.21 Å². The Morgan fingerprint density at radius 1 is 1.16 bits per heavy atom. The van der Waals surface area contributed by atoms with Gasteiger partial charge in [-0.3, -0.25) is 4.99 Å². The number of aliphatic imine (C=N–C) groups is 1. The number of hydrogen-bond donors (Lipinski definition) is 0. The van der Waals surface area contributed by atoms with E-state index in [9.17, 15) is 0 Å². The van der Waals surface area contributed by atoms with Crippen LogP contribution in [0.5, 0.6) is 0 Å². The SMILES string of the molecule is Brc1cccc(N=Cc2ccc(N3CCCC3)o2)c1. The van der Waals surface area contributed by atoms with Crippen LogP contribution in [0, 0.1) is 0 Å². The first-order valence-corrected chi connectivity index (χ1v) is 7.25. The number of benzene rings is 1. The van der Waals surface area contributed by atoms with Crippen molar-refractivity contribution in [1.29, 1.82) is 0 Å². The van der Waals surface area contributed by atoms with Gasteiger partial charge in [0, 0.05) is 23.6 Å². The lowest BCUT2D eigenvalue weighted by molar-refractivity contribution is 0.550. The number of rotatable bonds is 3. The molecule has 98 valence electrons. The average molecular weight is 319 g/mol. The van der Waals surface area contributed by atoms with E-state index in [1.165, 1.54) is 12.8 Å². The molecule has 0 bridgehead atoms. The van der Waals surface area contributed by atoms with Gasteiger partial charge in [-0.25, -0.2) is 0 Å². The Bertz CT molecular complexity index is 585. The smallest absolute Gasteiger partial charge is 0.196 e. The Balaban J connectivity index is 1.73. The highest BCUT2D eigenvalue weighted by Gasteiger charge is 2.14. The maximum absolute atomic E-state index is 5.78. The van der Waals surface area contributed by atoms with Crippen LogP contribution < -0.4 is 4.90 Å². The van der Waals surface area contributed by atoms with Gasteiger partial charge in [0.25, 0.3) is 0 Å². The van der Waals surface area contributed by atoms with Crippen LogP contribution in [0.25, 0.3) is 0 Å². The normalized spacial score (nSPS) is 15.5. The molecule has 2 aromatic rings. The molecule has 1 aromatic carbocycles. The van der Waals surface area contributed by atoms with Crippen molar-refractivity contribution in [2.24, 2.45) is 4.99 Å². The average Bonchev–Trinajstić information content (AvgIpc) is 3.07. The monoisotopic (exact) mass is 318 g/mol. The molecule has 0 unspecified atom stereocenters. The fourth-order valence-electron chi connectivity index (χ4n) is 2.21. The van der Waals surface area contributed by atoms with Gasteiger partial charge in [-0.2, -0.15) is 0 Å². The Kier molecular flexibility index (Phi) is 3.69. The predicted molar refractivity (Wildman–Crippen MR) is 81.6 cm³/mol. The van der Waals surface area contributed by atoms with Crippen molar-refractivity contribution in [2.75, 3.05) is 18.0 Å². The summed E-state index contributed by atoms with van der Waals surface area (Å²) in [5.41, 5.74) is 0.911. The lowest BCUT2D eigenvalue weighted by Crippen LogP contribution is -2.16. The molecule has 1 fully saturated rings. The number of halogens is 1. The van der Waals surface area contributed by atoms with Crippen molar-refractivity contribution in [1.82, 2.24) is 0 Å². The third-order valence-corrected chi connectivity index (χ3v) is 3.67. The molecule has 1 saturated heterocycles. The zero-order valence-corrected chi connectivity index (χ0v) is 12.1. The van der Waals surface area contributed by atoms with Gasteiger partial charge in [0.2, 0.25) is 0 Å². The molecule has 3 nitrogen and oxygen atoms in total. The molecule has 3 rings (SSSR count). The quantitative estimate of drug-likeness (QED) is 0.785. The molecule has 0 saturated carbocycles. The van der Waals surface area contributed by atoms with Gasteiger partial charge in [0.15, 0.2) is 5.88 Å². The van der Waals surface area contributed by atoms with Gasteiger partial charge in [-0.1, -0.05) is 22.0 Å². The Labute approximate surface area is 121 Å². The number of nitrogens with zero attached hydrogens (tertiary/aromatic N) is 2. The van der Waals surface area contributed by atoms with Gasteiger partial charge in [-0.15, -0.1) is 0 Å². The first-order chi connectivity index (χ1) is 9.31. The molecule has 4 heteroatoms. The zero-order chi connectivity index (χ0) is 13.1. The molecule has 1 aliphatic rings. The first-order valence-electron chi connectivity index (χ1n) is 6.46. The minimum absolute atomic E-state index is 0.793. The summed E-state index contributed by atoms with van der Waals surface area (Å²) in [7, 11) is 0. The molecule has 0 atom stereocenters. The van der Waals surface area contributed by atoms with E-state index in [0.717, 1.165) is 34.9 Å². The fourth-order valence-corrected chi connectivity index (χ4v) is 2.60. The minimum Gasteiger partial charge on any atom is -0.440 e. The minimum atomic E-state index is 0.793. The summed E-state index contributed by atoms with van der Waals surface area (Å²) in [6.45, 7) is 2.19. The third kappa shape index (κ3) is 3.07. The second-order valence-corrected chi connectivity index (χ2v) is 5.52. The molecule has 0 radical (unpaired) electrons. The summed E-state index contributed by atoms with van der Waals surface area (Å²) in [5.74, 6) is 1.75. The van der Waals surface area contributed by atoms with E-state index >= 15 is 0 Å². The van der Waals surface area contributed by atoms with Crippen LogP contribution in [-0.4, -0.2) is 19.3 Å². The van der Waals surface area contributed by atoms with E-state index in [0.29, 0.717) is 0 Å². The van der Waals surface area contributed by atoms with Crippen molar-refractivity contribution >= 4 is 33.7 Å². The molecule has 2 heterocycles. The summed E-state index contributed by atoms with van der Waals surface area (Å²) in [5, 5.41) is 0. The molecule has 19 heavy (non-hydrogen) atoms. The van der Waals surface area contributed by atoms with Gasteiger partial charge in [-0.05, 0) is 37.1 Å². The fraction of sp³-hybridized carbons (Fsp3) is 0.267. The van der Waals surface area contributed by atoms with Crippen molar-refractivity contribution in [3.05, 3.63) is 46.6 Å². The second-order valence-electron chi connectivity index (χ2n) is 4.61. The van der Waals surface area contributed by atoms with Crippen LogP contribution in [0.2, 0.25) is 0 Å². The van der Waals surface area contributed by atoms with E-state index in [4.69, 9.17) is 4.42 Å². The molecule has 0 amide bonds. The number of anilines is 1. The molecule has 1 aromatic heterocycles. The zero-order valence-electron chi connectivity index (χ0n) is 10.6. The van der Waals surface area contributed by atoms with Crippen molar-refractivity contribution in [2.45, 2.75) is 12.8 Å². The summed E-state index contributed by atoms with van der Waals surface area (Å²) in [6, 6.07) is 11.9. The molecule has 1 aliphatic heterocycles. The topological polar surface area (TPSA) is 28.7 Å². The van der Waals surface area contributed by atoms with E-state index < -0.39 is 0 Å².